The Morgan fingerprint density at radius 3 is 1.63 bits per heavy atom. The first-order valence-electron chi connectivity index (χ1n) is 47.0. The van der Waals surface area contributed by atoms with Crippen molar-refractivity contribution in [1.29, 1.82) is 0 Å². The highest BCUT2D eigenvalue weighted by atomic mass is 35.5. The smallest absolute Gasteiger partial charge is 0.316 e. The van der Waals surface area contributed by atoms with Gasteiger partial charge < -0.3 is 46.1 Å². The summed E-state index contributed by atoms with van der Waals surface area (Å²) in [6.07, 6.45) is 16.9. The van der Waals surface area contributed by atoms with Crippen molar-refractivity contribution in [3.63, 3.8) is 0 Å². The van der Waals surface area contributed by atoms with Crippen LogP contribution in [0.3, 0.4) is 0 Å². The number of nitrogens with zero attached hydrogens (tertiary/aromatic N) is 9. The number of unbranched alkanes of at least 4 members (excludes halogenated alkanes) is 10. The van der Waals surface area contributed by atoms with Crippen molar-refractivity contribution >= 4 is 108 Å². The van der Waals surface area contributed by atoms with Crippen molar-refractivity contribution in [3.8, 4) is 57.4 Å². The summed E-state index contributed by atoms with van der Waals surface area (Å²) >= 11 is -1.65. The summed E-state index contributed by atoms with van der Waals surface area (Å²) in [7, 11) is 0. The molecule has 14 aromatic rings. The molecule has 6 heterocycles. The van der Waals surface area contributed by atoms with Gasteiger partial charge in [-0.25, -0.2) is 13.5 Å². The molecule has 32 nitrogen and oxygen atoms in total. The van der Waals surface area contributed by atoms with Gasteiger partial charge in [0.05, 0.1) is 47.8 Å². The molecule has 0 saturated heterocycles. The Kier molecular flexibility index (Phi) is 38.1. The molecule has 0 fully saturated rings. The SMILES string of the molecule is CC(C)(C)c1cc2nnc(CCCc3ccc(NC(=O)c4cccc(CC(=O)O)c4)cc3)n2[nH]1.CCCCCCCCOc1ccc(C)cc1OS(=O)Nc1cc(OS(=O)Nc2c(C)cc(C)c(-c3nnc4cc(CC)[nH]n34)c2C)ccc1Cl.CCCCCCCCOc1ccc(NS(=O)Oc2cc(C)ccc2OCCOc2ccc(C)cc2)cc1OS(=O)NC(C)c1nnc2cc(C(C)(C)C)[nH]n12. The van der Waals surface area contributed by atoms with Gasteiger partial charge in [0.1, 0.15) is 24.7 Å². The molecule has 1 amide bonds. The first kappa shape index (κ1) is 105. The highest BCUT2D eigenvalue weighted by Gasteiger charge is 2.27. The second-order valence-corrected chi connectivity index (χ2v) is 40.1. The van der Waals surface area contributed by atoms with Crippen molar-refractivity contribution in [3.05, 3.63) is 254 Å². The Balaban J connectivity index is 0.000000192. The number of benzene rings is 8. The highest BCUT2D eigenvalue weighted by Crippen LogP contribution is 2.39. The Bertz CT molecular complexity index is 6560. The molecule has 0 radical (unpaired) electrons. The number of aromatic nitrogens is 12. The lowest BCUT2D eigenvalue weighted by Crippen LogP contribution is -2.27. The Hall–Kier alpha value is -12.6. The van der Waals surface area contributed by atoms with Gasteiger partial charge in [0.2, 0.25) is 0 Å². The van der Waals surface area contributed by atoms with Gasteiger partial charge in [0, 0.05) is 81.5 Å². The van der Waals surface area contributed by atoms with Gasteiger partial charge in [0.25, 0.3) is 17.2 Å². The van der Waals surface area contributed by atoms with Crippen LogP contribution in [0, 0.1) is 41.5 Å². The minimum absolute atomic E-state index is 0.0242. The topological polar surface area (TPSA) is 395 Å². The van der Waals surface area contributed by atoms with E-state index >= 15 is 0 Å². The van der Waals surface area contributed by atoms with Crippen LogP contribution < -0.4 is 59.9 Å². The first-order chi connectivity index (χ1) is 66.6. The van der Waals surface area contributed by atoms with E-state index in [-0.39, 0.29) is 52.0 Å². The molecule has 8 aromatic carbocycles. The van der Waals surface area contributed by atoms with Gasteiger partial charge in [-0.05, 0) is 204 Å². The maximum absolute atomic E-state index is 13.4. The van der Waals surface area contributed by atoms with Crippen molar-refractivity contribution in [1.82, 2.24) is 64.2 Å². The number of aliphatic carboxylic acids is 1. The number of ether oxygens (including phenoxy) is 4. The fourth-order valence-corrected chi connectivity index (χ4v) is 18.1. The number of aryl methyl sites for hydroxylation is 8. The van der Waals surface area contributed by atoms with Gasteiger partial charge in [-0.15, -0.1) is 30.6 Å². The normalized spacial score (nSPS) is 12.6. The number of aromatic amines is 3. The number of anilines is 4. The minimum atomic E-state index is -2.04. The molecule has 9 N–H and O–H groups in total. The molecule has 0 saturated carbocycles. The molecule has 0 spiro atoms. The Labute approximate surface area is 827 Å². The van der Waals surface area contributed by atoms with E-state index in [4.69, 9.17) is 52.4 Å². The van der Waals surface area contributed by atoms with E-state index in [0.29, 0.717) is 94.1 Å². The average Bonchev–Trinajstić information content (AvgIpc) is 1.64. The minimum Gasteiger partial charge on any atom is -0.490 e. The molecular weight excluding hydrogens is 1870 g/mol. The predicted octanol–water partition coefficient (Wildman–Crippen LogP) is 22.0. The van der Waals surface area contributed by atoms with Gasteiger partial charge in [0.15, 0.2) is 68.9 Å². The number of hydrogen-bond acceptors (Lipinski definition) is 20. The van der Waals surface area contributed by atoms with Gasteiger partial charge >= 0.3 is 39.8 Å². The summed E-state index contributed by atoms with van der Waals surface area (Å²) in [4.78, 5) is 23.4. The number of carbonyl (C=O) groups is 2. The molecule has 0 aliphatic heterocycles. The molecular formula is C102H128ClN17O15S4. The van der Waals surface area contributed by atoms with E-state index in [1.165, 1.54) is 56.6 Å². The Morgan fingerprint density at radius 1 is 0.460 bits per heavy atom. The third kappa shape index (κ3) is 30.7. The van der Waals surface area contributed by atoms with Crippen LogP contribution in [0.2, 0.25) is 5.02 Å². The number of carbonyl (C=O) groups excluding carboxylic acids is 1. The van der Waals surface area contributed by atoms with Gasteiger partial charge in [-0.1, -0.05) is 198 Å². The van der Waals surface area contributed by atoms with E-state index in [0.717, 1.165) is 137 Å². The molecule has 0 aliphatic rings. The maximum atomic E-state index is 13.4. The molecule has 139 heavy (non-hydrogen) atoms. The predicted molar refractivity (Wildman–Crippen MR) is 550 cm³/mol. The zero-order valence-electron chi connectivity index (χ0n) is 81.8. The van der Waals surface area contributed by atoms with E-state index in [2.05, 4.69) is 132 Å². The van der Waals surface area contributed by atoms with Crippen molar-refractivity contribution < 1.29 is 67.2 Å². The van der Waals surface area contributed by atoms with E-state index in [9.17, 15) is 26.4 Å². The molecule has 0 bridgehead atoms. The molecule has 0 aliphatic carbocycles. The van der Waals surface area contributed by atoms with Gasteiger partial charge in [-0.2, -0.15) is 21.6 Å². The van der Waals surface area contributed by atoms with Crippen molar-refractivity contribution in [2.45, 2.75) is 237 Å². The molecule has 14 rings (SSSR count). The van der Waals surface area contributed by atoms with E-state index < -0.39 is 57.1 Å². The lowest BCUT2D eigenvalue weighted by Gasteiger charge is -2.17. The van der Waals surface area contributed by atoms with Crippen LogP contribution in [-0.4, -0.2) is 120 Å². The lowest BCUT2D eigenvalue weighted by molar-refractivity contribution is -0.136. The number of carboxylic acids is 1. The number of amides is 1. The summed E-state index contributed by atoms with van der Waals surface area (Å²) in [5, 5.41) is 48.1. The van der Waals surface area contributed by atoms with E-state index in [1.807, 2.05) is 148 Å². The maximum Gasteiger partial charge on any atom is 0.316 e. The van der Waals surface area contributed by atoms with Crippen LogP contribution in [0.5, 0.6) is 46.0 Å². The van der Waals surface area contributed by atoms with Gasteiger partial charge in [-0.3, -0.25) is 39.1 Å². The second-order valence-electron chi connectivity index (χ2n) is 36.3. The standard InChI is InChI=1S/C40H54N6O7S2.C36H45ClN6O5S2.C26H29N5O3/c1-8-9-10-11-12-13-22-50-34-21-17-31(26-36(34)53-54(47)44-30(4)39-42-41-38-27-37(40(5,6)7)43-46(38)39)45-55(48)52-35-25-29(3)16-20-33(35)51-24-23-49-32-18-14-28(2)15-19-32;1-7-9-10-11-12-13-18-46-31-17-14-23(3)19-32(31)48-49(44)41-30-22-28(15-16-29(30)37)47-50(45)42-35-25(5)20-24(4)34(26(35)6)36-39-38-33-21-27(8-2)40-43(33)36;1-26(2,3)21-16-23-29-28-22(31(23)30-21)9-5-6-17-10-12-20(13-11-17)27-25(34)19-8-4-7-18(14-19)15-24(32)33/h14-21,25-27,30,43-45H,8-13,22-24H2,1-7H3;14-17,19-22,40-42H,7-13,18H2,1-6H3;4,7-8,10-14,16,30H,5-6,9,15H2,1-3H3,(H,27,34)(H,32,33). The molecule has 37 heteroatoms. The van der Waals surface area contributed by atoms with Crippen LogP contribution >= 0.6 is 11.6 Å². The number of carboxylic acid groups (broad SMARTS) is 1. The first-order valence-corrected chi connectivity index (χ1v) is 51.7. The molecule has 5 atom stereocenters. The summed E-state index contributed by atoms with van der Waals surface area (Å²) in [5.74, 6) is 4.10. The number of fused-ring (bicyclic) bond motifs is 3. The number of rotatable bonds is 48. The summed E-state index contributed by atoms with van der Waals surface area (Å²) < 4.78 is 117. The van der Waals surface area contributed by atoms with E-state index in [1.54, 1.807) is 77.3 Å². The number of hydrogen-bond donors (Lipinski definition) is 9. The van der Waals surface area contributed by atoms with Crippen molar-refractivity contribution in [2.24, 2.45) is 0 Å². The monoisotopic (exact) mass is 1990 g/mol. The van der Waals surface area contributed by atoms with Crippen LogP contribution in [0.25, 0.3) is 28.3 Å². The second kappa shape index (κ2) is 50.3. The number of halogens is 1. The van der Waals surface area contributed by atoms with Crippen LogP contribution in [0.1, 0.15) is 242 Å². The van der Waals surface area contributed by atoms with Crippen LogP contribution in [0.15, 0.2) is 170 Å². The fourth-order valence-electron chi connectivity index (χ4n) is 15.1. The van der Waals surface area contributed by atoms with Crippen LogP contribution in [0.4, 0.5) is 22.7 Å². The highest BCUT2D eigenvalue weighted by molar-refractivity contribution is 7.82. The third-order valence-electron chi connectivity index (χ3n) is 22.7. The third-order valence-corrected chi connectivity index (χ3v) is 26.0. The quantitative estimate of drug-likeness (QED) is 0.0160. The zero-order valence-corrected chi connectivity index (χ0v) is 85.8. The lowest BCUT2D eigenvalue weighted by atomic mass is 9.93. The Morgan fingerprint density at radius 2 is 1.00 bits per heavy atom. The molecule has 6 aromatic heterocycles. The average molecular weight is 2000 g/mol. The number of nitrogens with one attached hydrogen (secondary N) is 8. The summed E-state index contributed by atoms with van der Waals surface area (Å²) in [6.45, 7) is 34.4. The van der Waals surface area contributed by atoms with Crippen molar-refractivity contribution in [2.75, 3.05) is 45.9 Å². The molecule has 5 unspecified atom stereocenters. The van der Waals surface area contributed by atoms with Crippen LogP contribution in [-0.2, 0) is 86.4 Å². The molecule has 742 valence electrons. The summed E-state index contributed by atoms with van der Waals surface area (Å²) in [6, 6.07) is 50.2. The largest absolute Gasteiger partial charge is 0.490 e. The fraction of sp³-hybridized carbons (Fsp3) is 0.392. The number of H-pyrrole nitrogens is 3. The summed E-state index contributed by atoms with van der Waals surface area (Å²) in [5.41, 5.74) is 16.1. The zero-order chi connectivity index (χ0) is 99.5.